The first-order chi connectivity index (χ1) is 7.20. The van der Waals surface area contributed by atoms with Crippen molar-refractivity contribution >= 4 is 27.2 Å². The van der Waals surface area contributed by atoms with Crippen LogP contribution in [0.25, 0.3) is 10.1 Å². The molecule has 2 atom stereocenters. The van der Waals surface area contributed by atoms with Crippen molar-refractivity contribution in [3.05, 3.63) is 34.7 Å². The Kier molecular flexibility index (Phi) is 1.77. The zero-order valence-corrected chi connectivity index (χ0v) is 9.60. The Morgan fingerprint density at radius 3 is 2.67 bits per heavy atom. The van der Waals surface area contributed by atoms with Crippen molar-refractivity contribution in [2.24, 2.45) is 5.92 Å². The smallest absolute Gasteiger partial charge is 0.168 e. The van der Waals surface area contributed by atoms with Crippen LogP contribution < -0.4 is 0 Å². The molecule has 2 unspecified atom stereocenters. The molecule has 76 valence electrons. The van der Waals surface area contributed by atoms with Gasteiger partial charge >= 0.3 is 0 Å². The van der Waals surface area contributed by atoms with Crippen LogP contribution in [0.3, 0.4) is 0 Å². The van der Waals surface area contributed by atoms with E-state index in [4.69, 9.17) is 0 Å². The van der Waals surface area contributed by atoms with Gasteiger partial charge in [-0.25, -0.2) is 0 Å². The second-order valence-electron chi connectivity index (χ2n) is 4.28. The summed E-state index contributed by atoms with van der Waals surface area (Å²) in [5, 5.41) is 1.15. The molecule has 1 nitrogen and oxygen atoms in total. The molecular weight excluding hydrogens is 204 g/mol. The minimum Gasteiger partial charge on any atom is -0.294 e. The summed E-state index contributed by atoms with van der Waals surface area (Å²) >= 11 is 1.78. The van der Waals surface area contributed by atoms with Crippen LogP contribution >= 0.6 is 11.3 Å². The van der Waals surface area contributed by atoms with Crippen molar-refractivity contribution in [2.75, 3.05) is 0 Å². The third-order valence-electron chi connectivity index (χ3n) is 3.45. The van der Waals surface area contributed by atoms with Gasteiger partial charge < -0.3 is 0 Å². The van der Waals surface area contributed by atoms with Gasteiger partial charge in [0.2, 0.25) is 0 Å². The lowest BCUT2D eigenvalue weighted by atomic mass is 9.99. The largest absolute Gasteiger partial charge is 0.294 e. The maximum atomic E-state index is 12.1. The van der Waals surface area contributed by atoms with Gasteiger partial charge in [0.25, 0.3) is 0 Å². The van der Waals surface area contributed by atoms with Crippen molar-refractivity contribution in [3.63, 3.8) is 0 Å². The topological polar surface area (TPSA) is 17.1 Å². The van der Waals surface area contributed by atoms with Crippen molar-refractivity contribution < 1.29 is 4.79 Å². The van der Waals surface area contributed by atoms with Crippen LogP contribution in [0.2, 0.25) is 0 Å². The van der Waals surface area contributed by atoms with Crippen LogP contribution in [-0.4, -0.2) is 5.78 Å². The Morgan fingerprint density at radius 1 is 1.13 bits per heavy atom. The highest BCUT2D eigenvalue weighted by Gasteiger charge is 2.36. The lowest BCUT2D eigenvalue weighted by molar-refractivity contribution is 0.0938. The summed E-state index contributed by atoms with van der Waals surface area (Å²) in [7, 11) is 0. The molecule has 0 saturated carbocycles. The number of hydrogen-bond donors (Lipinski definition) is 0. The third-order valence-corrected chi connectivity index (χ3v) is 4.82. The number of hydrogen-bond acceptors (Lipinski definition) is 2. The van der Waals surface area contributed by atoms with E-state index in [-0.39, 0.29) is 5.92 Å². The van der Waals surface area contributed by atoms with Gasteiger partial charge in [-0.2, -0.15) is 0 Å². The number of rotatable bonds is 0. The summed E-state index contributed by atoms with van der Waals surface area (Å²) in [6.07, 6.45) is 0. The van der Waals surface area contributed by atoms with Gasteiger partial charge in [-0.1, -0.05) is 32.0 Å². The van der Waals surface area contributed by atoms with Crippen LogP contribution in [-0.2, 0) is 0 Å². The number of fused-ring (bicyclic) bond motifs is 3. The Bertz CT molecular complexity index is 553. The summed E-state index contributed by atoms with van der Waals surface area (Å²) in [5.41, 5.74) is 0.996. The van der Waals surface area contributed by atoms with E-state index in [2.05, 4.69) is 19.1 Å². The summed E-state index contributed by atoms with van der Waals surface area (Å²) < 4.78 is 1.25. The van der Waals surface area contributed by atoms with E-state index in [1.165, 1.54) is 9.58 Å². The second-order valence-corrected chi connectivity index (χ2v) is 5.36. The number of ketones is 1. The van der Waals surface area contributed by atoms with Crippen LogP contribution in [0.4, 0.5) is 0 Å². The van der Waals surface area contributed by atoms with Gasteiger partial charge in [0.15, 0.2) is 5.78 Å². The van der Waals surface area contributed by atoms with Crippen LogP contribution in [0.1, 0.15) is 35.0 Å². The fourth-order valence-electron chi connectivity index (χ4n) is 2.32. The van der Waals surface area contributed by atoms with Gasteiger partial charge in [-0.3, -0.25) is 4.79 Å². The van der Waals surface area contributed by atoms with E-state index in [1.54, 1.807) is 11.3 Å². The second kappa shape index (κ2) is 2.92. The fourth-order valence-corrected chi connectivity index (χ4v) is 3.69. The normalized spacial score (nSPS) is 24.8. The molecule has 15 heavy (non-hydrogen) atoms. The molecule has 0 N–H and O–H groups in total. The van der Waals surface area contributed by atoms with Crippen molar-refractivity contribution in [2.45, 2.75) is 19.8 Å². The molecule has 1 aromatic carbocycles. The lowest BCUT2D eigenvalue weighted by Crippen LogP contribution is -2.06. The summed E-state index contributed by atoms with van der Waals surface area (Å²) in [4.78, 5) is 13.4. The van der Waals surface area contributed by atoms with Crippen molar-refractivity contribution in [1.29, 1.82) is 0 Å². The zero-order valence-electron chi connectivity index (χ0n) is 8.78. The first kappa shape index (κ1) is 9.10. The molecular formula is C13H12OS. The first-order valence-electron chi connectivity index (χ1n) is 5.26. The number of benzene rings is 1. The molecule has 0 aliphatic heterocycles. The molecule has 1 aliphatic carbocycles. The van der Waals surface area contributed by atoms with Gasteiger partial charge in [0, 0.05) is 32.4 Å². The maximum Gasteiger partial charge on any atom is 0.168 e. The quantitative estimate of drug-likeness (QED) is 0.654. The highest BCUT2D eigenvalue weighted by molar-refractivity contribution is 7.19. The van der Waals surface area contributed by atoms with Gasteiger partial charge in [0.05, 0.1) is 0 Å². The first-order valence-corrected chi connectivity index (χ1v) is 6.07. The Hall–Kier alpha value is -1.15. The van der Waals surface area contributed by atoms with E-state index in [0.717, 1.165) is 10.9 Å². The predicted molar refractivity (Wildman–Crippen MR) is 63.7 cm³/mol. The molecule has 2 aromatic rings. The van der Waals surface area contributed by atoms with Crippen molar-refractivity contribution in [1.82, 2.24) is 0 Å². The summed E-state index contributed by atoms with van der Waals surface area (Å²) in [6.45, 7) is 4.19. The highest BCUT2D eigenvalue weighted by Crippen LogP contribution is 2.45. The number of thiophene rings is 1. The molecule has 1 aromatic heterocycles. The fraction of sp³-hybridized carbons (Fsp3) is 0.308. The minimum absolute atomic E-state index is 0.163. The van der Waals surface area contributed by atoms with E-state index >= 15 is 0 Å². The summed E-state index contributed by atoms with van der Waals surface area (Å²) in [5.74, 6) is 0.885. The van der Waals surface area contributed by atoms with E-state index in [0.29, 0.717) is 11.7 Å². The van der Waals surface area contributed by atoms with Crippen LogP contribution in [0.15, 0.2) is 24.3 Å². The predicted octanol–water partition coefficient (Wildman–Crippen LogP) is 3.84. The Balaban J connectivity index is 2.39. The average Bonchev–Trinajstić information content (AvgIpc) is 2.72. The van der Waals surface area contributed by atoms with Gasteiger partial charge in [-0.15, -0.1) is 11.3 Å². The molecule has 0 saturated heterocycles. The number of carbonyl (C=O) groups is 1. The molecule has 1 heterocycles. The standard InChI is InChI=1S/C13H12OS/c1-7-8(2)13-11(12(7)14)9-5-3-4-6-10(9)15-13/h3-8H,1-2H3. The molecule has 0 fully saturated rings. The molecule has 0 radical (unpaired) electrons. The van der Waals surface area contributed by atoms with E-state index in [1.807, 2.05) is 19.1 Å². The van der Waals surface area contributed by atoms with Gasteiger partial charge in [0.1, 0.15) is 0 Å². The molecule has 0 amide bonds. The molecule has 0 bridgehead atoms. The van der Waals surface area contributed by atoms with Gasteiger partial charge in [-0.05, 0) is 6.07 Å². The number of Topliss-reactive ketones (excluding diaryl/α,β-unsaturated/α-hetero) is 1. The molecule has 1 aliphatic rings. The number of carbonyl (C=O) groups excluding carboxylic acids is 1. The monoisotopic (exact) mass is 216 g/mol. The van der Waals surface area contributed by atoms with Crippen LogP contribution in [0, 0.1) is 5.92 Å². The molecule has 3 rings (SSSR count). The van der Waals surface area contributed by atoms with Crippen molar-refractivity contribution in [3.8, 4) is 0 Å². The SMILES string of the molecule is CC1C(=O)c2c(sc3ccccc23)C1C. The van der Waals surface area contributed by atoms with E-state index in [9.17, 15) is 4.79 Å². The summed E-state index contributed by atoms with van der Waals surface area (Å²) in [6, 6.07) is 8.21. The highest BCUT2D eigenvalue weighted by atomic mass is 32.1. The maximum absolute atomic E-state index is 12.1. The average molecular weight is 216 g/mol. The molecule has 0 spiro atoms. The minimum atomic E-state index is 0.163. The third kappa shape index (κ3) is 1.06. The zero-order chi connectivity index (χ0) is 10.6. The Labute approximate surface area is 92.7 Å². The van der Waals surface area contributed by atoms with E-state index < -0.39 is 0 Å². The molecule has 2 heteroatoms. The lowest BCUT2D eigenvalue weighted by Gasteiger charge is -2.06. The van der Waals surface area contributed by atoms with Crippen LogP contribution in [0.5, 0.6) is 0 Å². The Morgan fingerprint density at radius 2 is 1.87 bits per heavy atom.